The quantitative estimate of drug-likeness (QED) is 0.900. The van der Waals surface area contributed by atoms with Gasteiger partial charge in [-0.05, 0) is 55.5 Å². The Bertz CT molecular complexity index is 400. The second-order valence-corrected chi connectivity index (χ2v) is 5.39. The molecule has 1 aliphatic heterocycles. The van der Waals surface area contributed by atoms with Gasteiger partial charge in [0.25, 0.3) is 0 Å². The van der Waals surface area contributed by atoms with E-state index in [-0.39, 0.29) is 0 Å². The lowest BCUT2D eigenvalue weighted by Crippen LogP contribution is -2.35. The molecule has 1 N–H and O–H groups in total. The zero-order chi connectivity index (χ0) is 13.0. The van der Waals surface area contributed by atoms with Crippen LogP contribution in [0.4, 0.5) is 0 Å². The standard InChI is InChI=1S/C15H22ClNO/c1-3-14-11(8-12(16)10-15(14)18-2)9-13-6-4-5-7-17-13/h8,10,13,17H,3-7,9H2,1-2H3. The van der Waals surface area contributed by atoms with Crippen LogP contribution in [0.1, 0.15) is 37.3 Å². The van der Waals surface area contributed by atoms with Crippen LogP contribution in [0.15, 0.2) is 12.1 Å². The Labute approximate surface area is 115 Å². The van der Waals surface area contributed by atoms with Gasteiger partial charge in [-0.2, -0.15) is 0 Å². The highest BCUT2D eigenvalue weighted by Crippen LogP contribution is 2.29. The van der Waals surface area contributed by atoms with Gasteiger partial charge in [0.15, 0.2) is 0 Å². The molecule has 0 aromatic heterocycles. The third-order valence-electron chi connectivity index (χ3n) is 3.72. The van der Waals surface area contributed by atoms with Crippen molar-refractivity contribution in [2.75, 3.05) is 13.7 Å². The van der Waals surface area contributed by atoms with E-state index in [4.69, 9.17) is 16.3 Å². The molecule has 0 spiro atoms. The molecule has 0 radical (unpaired) electrons. The lowest BCUT2D eigenvalue weighted by atomic mass is 9.93. The summed E-state index contributed by atoms with van der Waals surface area (Å²) < 4.78 is 5.44. The van der Waals surface area contributed by atoms with Crippen molar-refractivity contribution in [2.45, 2.75) is 45.1 Å². The highest BCUT2D eigenvalue weighted by Gasteiger charge is 2.17. The van der Waals surface area contributed by atoms with E-state index >= 15 is 0 Å². The van der Waals surface area contributed by atoms with E-state index in [2.05, 4.69) is 18.3 Å². The number of methoxy groups -OCH3 is 1. The zero-order valence-corrected chi connectivity index (χ0v) is 12.0. The summed E-state index contributed by atoms with van der Waals surface area (Å²) in [6.07, 6.45) is 5.94. The molecule has 0 amide bonds. The van der Waals surface area contributed by atoms with Crippen LogP contribution in [0.5, 0.6) is 5.75 Å². The molecule has 3 heteroatoms. The van der Waals surface area contributed by atoms with Crippen LogP contribution in [-0.2, 0) is 12.8 Å². The van der Waals surface area contributed by atoms with Crippen LogP contribution >= 0.6 is 11.6 Å². The Morgan fingerprint density at radius 1 is 1.39 bits per heavy atom. The summed E-state index contributed by atoms with van der Waals surface area (Å²) in [5, 5.41) is 4.36. The molecule has 2 rings (SSSR count). The fraction of sp³-hybridized carbons (Fsp3) is 0.600. The highest BCUT2D eigenvalue weighted by atomic mass is 35.5. The molecule has 1 aromatic rings. The molecule has 0 saturated carbocycles. The first-order chi connectivity index (χ1) is 8.74. The fourth-order valence-electron chi connectivity index (χ4n) is 2.80. The van der Waals surface area contributed by atoms with Crippen LogP contribution < -0.4 is 10.1 Å². The molecule has 1 heterocycles. The molecular weight excluding hydrogens is 246 g/mol. The van der Waals surface area contributed by atoms with Crippen LogP contribution in [0.3, 0.4) is 0 Å². The van der Waals surface area contributed by atoms with Gasteiger partial charge in [0.05, 0.1) is 7.11 Å². The van der Waals surface area contributed by atoms with E-state index in [1.165, 1.54) is 30.4 Å². The maximum atomic E-state index is 6.17. The Balaban J connectivity index is 2.21. The molecule has 1 unspecified atom stereocenters. The summed E-state index contributed by atoms with van der Waals surface area (Å²) in [5.41, 5.74) is 2.63. The zero-order valence-electron chi connectivity index (χ0n) is 11.3. The number of hydrogen-bond acceptors (Lipinski definition) is 2. The number of rotatable bonds is 4. The number of piperidine rings is 1. The van der Waals surface area contributed by atoms with Gasteiger partial charge in [0, 0.05) is 11.1 Å². The first-order valence-corrected chi connectivity index (χ1v) is 7.21. The van der Waals surface area contributed by atoms with Crippen molar-refractivity contribution >= 4 is 11.6 Å². The van der Waals surface area contributed by atoms with E-state index in [9.17, 15) is 0 Å². The predicted molar refractivity (Wildman–Crippen MR) is 76.7 cm³/mol. The summed E-state index contributed by atoms with van der Waals surface area (Å²) >= 11 is 6.17. The largest absolute Gasteiger partial charge is 0.496 e. The number of hydrogen-bond donors (Lipinski definition) is 1. The summed E-state index contributed by atoms with van der Waals surface area (Å²) in [7, 11) is 1.72. The summed E-state index contributed by atoms with van der Waals surface area (Å²) in [5.74, 6) is 0.927. The van der Waals surface area contributed by atoms with E-state index in [0.29, 0.717) is 6.04 Å². The molecule has 1 atom stereocenters. The number of halogens is 1. The minimum absolute atomic E-state index is 0.590. The summed E-state index contributed by atoms with van der Waals surface area (Å²) in [6.45, 7) is 3.31. The molecule has 0 bridgehead atoms. The van der Waals surface area contributed by atoms with Crippen molar-refractivity contribution in [1.82, 2.24) is 5.32 Å². The Morgan fingerprint density at radius 2 is 2.22 bits per heavy atom. The molecule has 18 heavy (non-hydrogen) atoms. The fourth-order valence-corrected chi connectivity index (χ4v) is 3.03. The molecule has 1 fully saturated rings. The summed E-state index contributed by atoms with van der Waals surface area (Å²) in [4.78, 5) is 0. The number of benzene rings is 1. The number of nitrogens with one attached hydrogen (secondary N) is 1. The van der Waals surface area contributed by atoms with E-state index in [1.807, 2.05) is 6.07 Å². The maximum Gasteiger partial charge on any atom is 0.123 e. The van der Waals surface area contributed by atoms with Gasteiger partial charge < -0.3 is 10.1 Å². The van der Waals surface area contributed by atoms with E-state index in [1.54, 1.807) is 7.11 Å². The molecule has 0 aliphatic carbocycles. The molecule has 1 saturated heterocycles. The lowest BCUT2D eigenvalue weighted by molar-refractivity contribution is 0.393. The molecule has 100 valence electrons. The van der Waals surface area contributed by atoms with Gasteiger partial charge in [0.2, 0.25) is 0 Å². The second kappa shape index (κ2) is 6.44. The van der Waals surface area contributed by atoms with Gasteiger partial charge in [-0.25, -0.2) is 0 Å². The highest BCUT2D eigenvalue weighted by molar-refractivity contribution is 6.30. The average molecular weight is 268 g/mol. The third-order valence-corrected chi connectivity index (χ3v) is 3.94. The maximum absolute atomic E-state index is 6.17. The van der Waals surface area contributed by atoms with Gasteiger partial charge in [0.1, 0.15) is 5.75 Å². The smallest absolute Gasteiger partial charge is 0.123 e. The minimum atomic E-state index is 0.590. The molecule has 1 aromatic carbocycles. The topological polar surface area (TPSA) is 21.3 Å². The normalized spacial score (nSPS) is 19.8. The van der Waals surface area contributed by atoms with Gasteiger partial charge in [-0.3, -0.25) is 0 Å². The van der Waals surface area contributed by atoms with Crippen molar-refractivity contribution < 1.29 is 4.74 Å². The van der Waals surface area contributed by atoms with Gasteiger partial charge in [-0.15, -0.1) is 0 Å². The summed E-state index contributed by atoms with van der Waals surface area (Å²) in [6, 6.07) is 4.60. The first kappa shape index (κ1) is 13.7. The van der Waals surface area contributed by atoms with Gasteiger partial charge >= 0.3 is 0 Å². The first-order valence-electron chi connectivity index (χ1n) is 6.83. The Kier molecular flexibility index (Phi) is 4.90. The van der Waals surface area contributed by atoms with Crippen LogP contribution in [0.2, 0.25) is 5.02 Å². The van der Waals surface area contributed by atoms with Crippen molar-refractivity contribution in [2.24, 2.45) is 0 Å². The molecule has 2 nitrogen and oxygen atoms in total. The van der Waals surface area contributed by atoms with Crippen LogP contribution in [-0.4, -0.2) is 19.7 Å². The number of ether oxygens (including phenoxy) is 1. The van der Waals surface area contributed by atoms with E-state index < -0.39 is 0 Å². The molecule has 1 aliphatic rings. The van der Waals surface area contributed by atoms with Crippen LogP contribution in [0.25, 0.3) is 0 Å². The van der Waals surface area contributed by atoms with E-state index in [0.717, 1.165) is 30.2 Å². The van der Waals surface area contributed by atoms with Crippen molar-refractivity contribution in [1.29, 1.82) is 0 Å². The average Bonchev–Trinajstić information content (AvgIpc) is 2.39. The third kappa shape index (κ3) is 3.18. The second-order valence-electron chi connectivity index (χ2n) is 4.95. The predicted octanol–water partition coefficient (Wildman–Crippen LogP) is 3.60. The van der Waals surface area contributed by atoms with Gasteiger partial charge in [-0.1, -0.05) is 24.9 Å². The Hall–Kier alpha value is -0.730. The van der Waals surface area contributed by atoms with Crippen molar-refractivity contribution in [3.8, 4) is 5.75 Å². The van der Waals surface area contributed by atoms with Crippen molar-refractivity contribution in [3.05, 3.63) is 28.3 Å². The molecular formula is C15H22ClNO. The monoisotopic (exact) mass is 267 g/mol. The Morgan fingerprint density at radius 3 is 2.83 bits per heavy atom. The SMILES string of the molecule is CCc1c(CC2CCCCN2)cc(Cl)cc1OC. The van der Waals surface area contributed by atoms with Crippen LogP contribution in [0, 0.1) is 0 Å². The minimum Gasteiger partial charge on any atom is -0.496 e. The van der Waals surface area contributed by atoms with Crippen molar-refractivity contribution in [3.63, 3.8) is 0 Å². The lowest BCUT2D eigenvalue weighted by Gasteiger charge is -2.25.